The SMILES string of the molecule is CC(=O)OC(CC(C)=C(Br)Br)c1ccccc1. The molecular weight excluding hydrogens is 348 g/mol. The summed E-state index contributed by atoms with van der Waals surface area (Å²) < 4.78 is 6.24. The molecule has 0 spiro atoms. The van der Waals surface area contributed by atoms with Gasteiger partial charge in [-0.05, 0) is 49.9 Å². The van der Waals surface area contributed by atoms with E-state index in [1.54, 1.807) is 0 Å². The number of hydrogen-bond acceptors (Lipinski definition) is 2. The molecule has 0 amide bonds. The van der Waals surface area contributed by atoms with Gasteiger partial charge in [-0.25, -0.2) is 0 Å². The molecule has 1 rings (SSSR count). The van der Waals surface area contributed by atoms with Crippen molar-refractivity contribution < 1.29 is 9.53 Å². The summed E-state index contributed by atoms with van der Waals surface area (Å²) in [5, 5.41) is 0. The second kappa shape index (κ2) is 6.97. The minimum absolute atomic E-state index is 0.237. The van der Waals surface area contributed by atoms with Crippen molar-refractivity contribution in [1.82, 2.24) is 0 Å². The summed E-state index contributed by atoms with van der Waals surface area (Å²) in [7, 11) is 0. The molecule has 17 heavy (non-hydrogen) atoms. The standard InChI is InChI=1S/C13H14Br2O2/c1-9(13(14)15)8-12(17-10(2)16)11-6-4-3-5-7-11/h3-7,12H,8H2,1-2H3. The lowest BCUT2D eigenvalue weighted by atomic mass is 10.0. The molecule has 92 valence electrons. The van der Waals surface area contributed by atoms with Gasteiger partial charge in [-0.3, -0.25) is 4.79 Å². The molecule has 1 atom stereocenters. The number of ether oxygens (including phenoxy) is 1. The maximum absolute atomic E-state index is 11.1. The first-order valence-corrected chi connectivity index (χ1v) is 6.82. The van der Waals surface area contributed by atoms with E-state index in [9.17, 15) is 4.79 Å². The molecule has 4 heteroatoms. The zero-order valence-electron chi connectivity index (χ0n) is 9.74. The van der Waals surface area contributed by atoms with Gasteiger partial charge in [0.25, 0.3) is 0 Å². The molecule has 0 saturated heterocycles. The minimum Gasteiger partial charge on any atom is -0.457 e. The molecule has 0 aliphatic heterocycles. The van der Waals surface area contributed by atoms with Gasteiger partial charge in [0.15, 0.2) is 0 Å². The third kappa shape index (κ3) is 5.04. The molecule has 0 aromatic heterocycles. The molecular formula is C13H14Br2O2. The molecule has 0 aliphatic rings. The van der Waals surface area contributed by atoms with E-state index < -0.39 is 0 Å². The van der Waals surface area contributed by atoms with Crippen molar-refractivity contribution in [3.63, 3.8) is 0 Å². The Morgan fingerprint density at radius 1 is 1.24 bits per heavy atom. The van der Waals surface area contributed by atoms with Gasteiger partial charge >= 0.3 is 5.97 Å². The number of halogens is 2. The van der Waals surface area contributed by atoms with Crippen molar-refractivity contribution in [2.45, 2.75) is 26.4 Å². The summed E-state index contributed by atoms with van der Waals surface area (Å²) in [5.41, 5.74) is 2.10. The Morgan fingerprint density at radius 2 is 1.82 bits per heavy atom. The van der Waals surface area contributed by atoms with Crippen molar-refractivity contribution in [3.8, 4) is 0 Å². The van der Waals surface area contributed by atoms with E-state index in [4.69, 9.17) is 4.74 Å². The summed E-state index contributed by atoms with van der Waals surface area (Å²) in [6.07, 6.45) is 0.425. The number of benzene rings is 1. The van der Waals surface area contributed by atoms with E-state index in [-0.39, 0.29) is 12.1 Å². The zero-order chi connectivity index (χ0) is 12.8. The van der Waals surface area contributed by atoms with Gasteiger partial charge in [-0.1, -0.05) is 30.3 Å². The van der Waals surface area contributed by atoms with Gasteiger partial charge in [0, 0.05) is 13.3 Å². The highest BCUT2D eigenvalue weighted by Gasteiger charge is 2.15. The maximum atomic E-state index is 11.1. The minimum atomic E-state index is -0.266. The third-order valence-electron chi connectivity index (χ3n) is 2.29. The molecule has 0 heterocycles. The molecule has 1 aromatic rings. The van der Waals surface area contributed by atoms with Crippen LogP contribution < -0.4 is 0 Å². The first-order valence-electron chi connectivity index (χ1n) is 5.23. The molecule has 0 saturated carbocycles. The van der Waals surface area contributed by atoms with E-state index in [0.717, 1.165) is 14.5 Å². The van der Waals surface area contributed by atoms with Crippen LogP contribution in [0, 0.1) is 0 Å². The van der Waals surface area contributed by atoms with Crippen molar-refractivity contribution >= 4 is 37.8 Å². The summed E-state index contributed by atoms with van der Waals surface area (Å²) in [6, 6.07) is 9.74. The predicted octanol–water partition coefficient (Wildman–Crippen LogP) is 4.70. The Bertz CT molecular complexity index is 409. The van der Waals surface area contributed by atoms with E-state index in [0.29, 0.717) is 6.42 Å². The van der Waals surface area contributed by atoms with Crippen molar-refractivity contribution in [1.29, 1.82) is 0 Å². The molecule has 0 aliphatic carbocycles. The maximum Gasteiger partial charge on any atom is 0.303 e. The smallest absolute Gasteiger partial charge is 0.303 e. The molecule has 2 nitrogen and oxygen atoms in total. The number of rotatable bonds is 4. The lowest BCUT2D eigenvalue weighted by Gasteiger charge is -2.18. The highest BCUT2D eigenvalue weighted by atomic mass is 79.9. The van der Waals surface area contributed by atoms with Gasteiger partial charge in [-0.15, -0.1) is 0 Å². The second-order valence-electron chi connectivity index (χ2n) is 3.75. The van der Waals surface area contributed by atoms with E-state index in [1.165, 1.54) is 6.92 Å². The molecule has 0 bridgehead atoms. The molecule has 1 unspecified atom stereocenters. The van der Waals surface area contributed by atoms with Crippen LogP contribution >= 0.6 is 31.9 Å². The van der Waals surface area contributed by atoms with Crippen LogP contribution in [0.4, 0.5) is 0 Å². The summed E-state index contributed by atoms with van der Waals surface area (Å²) in [6.45, 7) is 3.41. The van der Waals surface area contributed by atoms with Crippen LogP contribution in [0.3, 0.4) is 0 Å². The third-order valence-corrected chi connectivity index (χ3v) is 3.65. The Morgan fingerprint density at radius 3 is 2.29 bits per heavy atom. The van der Waals surface area contributed by atoms with Crippen LogP contribution in [0.15, 0.2) is 39.3 Å². The first-order chi connectivity index (χ1) is 8.00. The topological polar surface area (TPSA) is 26.3 Å². The fourth-order valence-corrected chi connectivity index (χ4v) is 1.77. The van der Waals surface area contributed by atoms with E-state index in [1.807, 2.05) is 37.3 Å². The van der Waals surface area contributed by atoms with E-state index in [2.05, 4.69) is 31.9 Å². The lowest BCUT2D eigenvalue weighted by molar-refractivity contribution is -0.146. The summed E-state index contributed by atoms with van der Waals surface area (Å²) in [5.74, 6) is -0.266. The monoisotopic (exact) mass is 360 g/mol. The summed E-state index contributed by atoms with van der Waals surface area (Å²) in [4.78, 5) is 11.1. The molecule has 1 aromatic carbocycles. The average molecular weight is 362 g/mol. The van der Waals surface area contributed by atoms with Crippen LogP contribution in [0.2, 0.25) is 0 Å². The van der Waals surface area contributed by atoms with Crippen LogP contribution in [0.25, 0.3) is 0 Å². The van der Waals surface area contributed by atoms with Crippen LogP contribution in [0.1, 0.15) is 31.9 Å². The van der Waals surface area contributed by atoms with Gasteiger partial charge in [-0.2, -0.15) is 0 Å². The van der Waals surface area contributed by atoms with E-state index >= 15 is 0 Å². The van der Waals surface area contributed by atoms with Gasteiger partial charge in [0.2, 0.25) is 0 Å². The Labute approximate surface area is 118 Å². The molecule has 0 radical (unpaired) electrons. The van der Waals surface area contributed by atoms with Gasteiger partial charge < -0.3 is 4.74 Å². The molecule has 0 N–H and O–H groups in total. The fourth-order valence-electron chi connectivity index (χ4n) is 1.45. The summed E-state index contributed by atoms with van der Waals surface area (Å²) >= 11 is 6.73. The highest BCUT2D eigenvalue weighted by molar-refractivity contribution is 9.28. The number of carbonyl (C=O) groups excluding carboxylic acids is 1. The van der Waals surface area contributed by atoms with Crippen LogP contribution in [-0.2, 0) is 9.53 Å². The van der Waals surface area contributed by atoms with Gasteiger partial charge in [0.05, 0.1) is 3.39 Å². The quantitative estimate of drug-likeness (QED) is 0.726. The Balaban J connectivity index is 2.89. The Hall–Kier alpha value is -0.610. The second-order valence-corrected chi connectivity index (χ2v) is 6.40. The number of hydrogen-bond donors (Lipinski definition) is 0. The number of carbonyl (C=O) groups is 1. The zero-order valence-corrected chi connectivity index (χ0v) is 12.9. The van der Waals surface area contributed by atoms with Crippen LogP contribution in [0.5, 0.6) is 0 Å². The van der Waals surface area contributed by atoms with Crippen molar-refractivity contribution in [3.05, 3.63) is 44.9 Å². The van der Waals surface area contributed by atoms with Crippen molar-refractivity contribution in [2.24, 2.45) is 0 Å². The Kier molecular flexibility index (Phi) is 5.92. The average Bonchev–Trinajstić information content (AvgIpc) is 2.28. The molecule has 0 fully saturated rings. The highest BCUT2D eigenvalue weighted by Crippen LogP contribution is 2.30. The van der Waals surface area contributed by atoms with Crippen molar-refractivity contribution in [2.75, 3.05) is 0 Å². The largest absolute Gasteiger partial charge is 0.457 e. The van der Waals surface area contributed by atoms with Gasteiger partial charge in [0.1, 0.15) is 6.10 Å². The fraction of sp³-hybridized carbons (Fsp3) is 0.308. The first kappa shape index (κ1) is 14.5. The lowest BCUT2D eigenvalue weighted by Crippen LogP contribution is -2.09. The number of esters is 1. The normalized spacial score (nSPS) is 11.8. The predicted molar refractivity (Wildman–Crippen MR) is 76.1 cm³/mol. The van der Waals surface area contributed by atoms with Crippen LogP contribution in [-0.4, -0.2) is 5.97 Å².